The molecule has 0 spiro atoms. The number of carbonyl (C=O) groups excluding carboxylic acids is 1. The number of nitrogens with zero attached hydrogens (tertiary/aromatic N) is 2. The topological polar surface area (TPSA) is 72.2 Å². The number of esters is 1. The molecule has 0 bridgehead atoms. The van der Waals surface area contributed by atoms with Crippen molar-refractivity contribution in [3.05, 3.63) is 47.3 Å². The molecule has 1 aromatic heterocycles. The number of carbonyl (C=O) groups is 1. The van der Waals surface area contributed by atoms with E-state index in [9.17, 15) is 13.6 Å². The van der Waals surface area contributed by atoms with E-state index >= 15 is 0 Å². The maximum atomic E-state index is 13.0. The summed E-state index contributed by atoms with van der Waals surface area (Å²) in [6.45, 7) is 0. The van der Waals surface area contributed by atoms with Gasteiger partial charge >= 0.3 is 5.97 Å². The van der Waals surface area contributed by atoms with Gasteiger partial charge in [0.25, 0.3) is 6.43 Å². The lowest BCUT2D eigenvalue weighted by atomic mass is 9.96. The number of halogens is 2. The second kappa shape index (κ2) is 7.51. The number of alkyl halides is 2. The Bertz CT molecular complexity index is 801. The minimum absolute atomic E-state index is 0.115. The number of pyridine rings is 1. The number of rotatable bonds is 5. The van der Waals surface area contributed by atoms with Gasteiger partial charge < -0.3 is 9.47 Å². The van der Waals surface area contributed by atoms with Gasteiger partial charge in [-0.1, -0.05) is 6.07 Å². The summed E-state index contributed by atoms with van der Waals surface area (Å²) in [5, 5.41) is 8.85. The Labute approximate surface area is 137 Å². The molecule has 0 saturated carbocycles. The normalized spacial score (nSPS) is 10.3. The van der Waals surface area contributed by atoms with Crippen LogP contribution in [0.15, 0.2) is 30.5 Å². The van der Waals surface area contributed by atoms with Crippen molar-refractivity contribution in [1.29, 1.82) is 5.26 Å². The van der Waals surface area contributed by atoms with E-state index in [4.69, 9.17) is 14.7 Å². The Morgan fingerprint density at radius 1 is 1.29 bits per heavy atom. The molecule has 1 heterocycles. The highest BCUT2D eigenvalue weighted by atomic mass is 19.3. The molecule has 0 saturated heterocycles. The van der Waals surface area contributed by atoms with E-state index in [0.717, 1.165) is 0 Å². The van der Waals surface area contributed by atoms with E-state index in [1.165, 1.54) is 32.5 Å². The highest BCUT2D eigenvalue weighted by Gasteiger charge is 2.20. The smallest absolute Gasteiger partial charge is 0.338 e. The third-order valence-electron chi connectivity index (χ3n) is 3.39. The van der Waals surface area contributed by atoms with Crippen molar-refractivity contribution in [3.63, 3.8) is 0 Å². The van der Waals surface area contributed by atoms with E-state index in [1.807, 2.05) is 6.07 Å². The number of hydrogen-bond donors (Lipinski definition) is 0. The van der Waals surface area contributed by atoms with Crippen LogP contribution in [-0.2, 0) is 11.2 Å². The first-order valence-corrected chi connectivity index (χ1v) is 6.92. The van der Waals surface area contributed by atoms with Crippen LogP contribution in [0.4, 0.5) is 8.78 Å². The quantitative estimate of drug-likeness (QED) is 0.783. The Balaban J connectivity index is 2.73. The SMILES string of the molecule is COC(=O)c1ccc(CC#N)cc1-c1cc(C(F)F)ncc1OC. The summed E-state index contributed by atoms with van der Waals surface area (Å²) in [5.74, 6) is -0.385. The van der Waals surface area contributed by atoms with Gasteiger partial charge in [0.1, 0.15) is 11.4 Å². The second-order valence-electron chi connectivity index (χ2n) is 4.82. The van der Waals surface area contributed by atoms with Crippen molar-refractivity contribution in [1.82, 2.24) is 4.98 Å². The first-order chi connectivity index (χ1) is 11.5. The largest absolute Gasteiger partial charge is 0.494 e. The Morgan fingerprint density at radius 3 is 2.62 bits per heavy atom. The number of benzene rings is 1. The van der Waals surface area contributed by atoms with Crippen molar-refractivity contribution >= 4 is 5.97 Å². The molecule has 0 amide bonds. The van der Waals surface area contributed by atoms with Gasteiger partial charge in [-0.05, 0) is 23.8 Å². The predicted octanol–water partition coefficient (Wildman–Crippen LogP) is 3.55. The predicted molar refractivity (Wildman–Crippen MR) is 81.8 cm³/mol. The third-order valence-corrected chi connectivity index (χ3v) is 3.39. The lowest BCUT2D eigenvalue weighted by Gasteiger charge is -2.14. The summed E-state index contributed by atoms with van der Waals surface area (Å²) in [5.41, 5.74) is 1.01. The van der Waals surface area contributed by atoms with Crippen LogP contribution in [0.5, 0.6) is 5.75 Å². The Hall–Kier alpha value is -3.01. The van der Waals surface area contributed by atoms with Gasteiger partial charge in [0.2, 0.25) is 0 Å². The molecule has 0 N–H and O–H groups in total. The van der Waals surface area contributed by atoms with E-state index in [1.54, 1.807) is 12.1 Å². The monoisotopic (exact) mass is 332 g/mol. The van der Waals surface area contributed by atoms with Crippen molar-refractivity contribution in [3.8, 4) is 22.9 Å². The molecule has 0 aliphatic carbocycles. The fraction of sp³-hybridized carbons (Fsp3) is 0.235. The minimum Gasteiger partial charge on any atom is -0.494 e. The number of ether oxygens (including phenoxy) is 2. The third kappa shape index (κ3) is 3.49. The van der Waals surface area contributed by atoms with Gasteiger partial charge in [0.15, 0.2) is 0 Å². The fourth-order valence-corrected chi connectivity index (χ4v) is 2.25. The Kier molecular flexibility index (Phi) is 5.42. The molecule has 7 heteroatoms. The minimum atomic E-state index is -2.77. The summed E-state index contributed by atoms with van der Waals surface area (Å²) in [7, 11) is 2.60. The summed E-state index contributed by atoms with van der Waals surface area (Å²) >= 11 is 0. The van der Waals surface area contributed by atoms with E-state index in [2.05, 4.69) is 4.98 Å². The van der Waals surface area contributed by atoms with Crippen LogP contribution in [0.3, 0.4) is 0 Å². The van der Waals surface area contributed by atoms with Gasteiger partial charge in [0, 0.05) is 11.1 Å². The standard InChI is InChI=1S/C17H14F2N2O3/c1-23-15-9-21-14(16(18)19)8-13(15)12-7-10(5-6-20)3-4-11(12)17(22)24-2/h3-4,7-9,16H,5H2,1-2H3. The van der Waals surface area contributed by atoms with Gasteiger partial charge in [0.05, 0.1) is 38.5 Å². The molecular formula is C17H14F2N2O3. The molecule has 2 rings (SSSR count). The number of methoxy groups -OCH3 is 2. The molecular weight excluding hydrogens is 318 g/mol. The summed E-state index contributed by atoms with van der Waals surface area (Å²) in [4.78, 5) is 15.6. The van der Waals surface area contributed by atoms with Crippen molar-refractivity contribution < 1.29 is 23.0 Å². The zero-order valence-electron chi connectivity index (χ0n) is 13.0. The van der Waals surface area contributed by atoms with Gasteiger partial charge in [-0.15, -0.1) is 0 Å². The molecule has 5 nitrogen and oxygen atoms in total. The number of aromatic nitrogens is 1. The number of nitriles is 1. The first kappa shape index (κ1) is 17.3. The summed E-state index contributed by atoms with van der Waals surface area (Å²) in [6, 6.07) is 7.87. The molecule has 0 fully saturated rings. The second-order valence-corrected chi connectivity index (χ2v) is 4.82. The number of hydrogen-bond acceptors (Lipinski definition) is 5. The lowest BCUT2D eigenvalue weighted by Crippen LogP contribution is -2.05. The van der Waals surface area contributed by atoms with Crippen LogP contribution in [0, 0.1) is 11.3 Å². The zero-order valence-corrected chi connectivity index (χ0v) is 13.0. The van der Waals surface area contributed by atoms with Crippen molar-refractivity contribution in [2.75, 3.05) is 14.2 Å². The lowest BCUT2D eigenvalue weighted by molar-refractivity contribution is 0.0601. The van der Waals surface area contributed by atoms with E-state index in [0.29, 0.717) is 11.1 Å². The van der Waals surface area contributed by atoms with Gasteiger partial charge in [-0.25, -0.2) is 13.6 Å². The van der Waals surface area contributed by atoms with Gasteiger partial charge in [-0.2, -0.15) is 5.26 Å². The van der Waals surface area contributed by atoms with E-state index in [-0.39, 0.29) is 23.3 Å². The molecule has 0 aliphatic rings. The molecule has 1 aromatic carbocycles. The maximum Gasteiger partial charge on any atom is 0.338 e. The van der Waals surface area contributed by atoms with Crippen LogP contribution < -0.4 is 4.74 Å². The van der Waals surface area contributed by atoms with Crippen LogP contribution in [-0.4, -0.2) is 25.2 Å². The molecule has 0 radical (unpaired) electrons. The zero-order chi connectivity index (χ0) is 17.7. The molecule has 124 valence electrons. The van der Waals surface area contributed by atoms with Crippen molar-refractivity contribution in [2.24, 2.45) is 0 Å². The molecule has 0 aliphatic heterocycles. The summed E-state index contributed by atoms with van der Waals surface area (Å²) < 4.78 is 35.9. The van der Waals surface area contributed by atoms with Crippen LogP contribution in [0.1, 0.15) is 28.0 Å². The molecule has 2 aromatic rings. The van der Waals surface area contributed by atoms with Crippen molar-refractivity contribution in [2.45, 2.75) is 12.8 Å². The molecule has 0 unspecified atom stereocenters. The van der Waals surface area contributed by atoms with E-state index < -0.39 is 18.1 Å². The summed E-state index contributed by atoms with van der Waals surface area (Å²) in [6.07, 6.45) is -1.48. The average Bonchev–Trinajstić information content (AvgIpc) is 2.60. The fourth-order valence-electron chi connectivity index (χ4n) is 2.25. The maximum absolute atomic E-state index is 13.0. The first-order valence-electron chi connectivity index (χ1n) is 6.92. The van der Waals surface area contributed by atoms with Crippen LogP contribution >= 0.6 is 0 Å². The van der Waals surface area contributed by atoms with Crippen LogP contribution in [0.2, 0.25) is 0 Å². The van der Waals surface area contributed by atoms with Crippen LogP contribution in [0.25, 0.3) is 11.1 Å². The Morgan fingerprint density at radius 2 is 2.04 bits per heavy atom. The highest BCUT2D eigenvalue weighted by Crippen LogP contribution is 2.35. The molecule has 24 heavy (non-hydrogen) atoms. The highest BCUT2D eigenvalue weighted by molar-refractivity contribution is 5.98. The molecule has 0 atom stereocenters. The van der Waals surface area contributed by atoms with Gasteiger partial charge in [-0.3, -0.25) is 4.98 Å². The average molecular weight is 332 g/mol.